The summed E-state index contributed by atoms with van der Waals surface area (Å²) in [5, 5.41) is 10.4. The summed E-state index contributed by atoms with van der Waals surface area (Å²) in [4.78, 5) is 15.6. The number of nitrogens with zero attached hydrogens (tertiary/aromatic N) is 3. The fourth-order valence-corrected chi connectivity index (χ4v) is 1.64. The average molecular weight is 248 g/mol. The average Bonchev–Trinajstić information content (AvgIpc) is 2.94. The Morgan fingerprint density at radius 1 is 1.61 bits per heavy atom. The van der Waals surface area contributed by atoms with Gasteiger partial charge in [-0.1, -0.05) is 5.16 Å². The zero-order valence-corrected chi connectivity index (χ0v) is 9.84. The van der Waals surface area contributed by atoms with Gasteiger partial charge in [0, 0.05) is 11.6 Å². The summed E-state index contributed by atoms with van der Waals surface area (Å²) in [6, 6.07) is 1.74. The van der Waals surface area contributed by atoms with Crippen molar-refractivity contribution in [1.82, 2.24) is 20.3 Å². The summed E-state index contributed by atoms with van der Waals surface area (Å²) in [6.07, 6.45) is 2.30. The lowest BCUT2D eigenvalue weighted by atomic mass is 10.3. The second kappa shape index (κ2) is 4.25. The Hall–Kier alpha value is -2.18. The van der Waals surface area contributed by atoms with Crippen molar-refractivity contribution in [3.8, 4) is 0 Å². The number of carbonyl (C=O) groups is 1. The number of carbonyl (C=O) groups excluding carboxylic acids is 1. The molecule has 1 fully saturated rings. The zero-order valence-electron chi connectivity index (χ0n) is 9.84. The van der Waals surface area contributed by atoms with Crippen LogP contribution in [-0.4, -0.2) is 26.3 Å². The number of hydrogen-bond donors (Lipinski definition) is 1. The van der Waals surface area contributed by atoms with Gasteiger partial charge in [-0.25, -0.2) is 4.79 Å². The van der Waals surface area contributed by atoms with E-state index in [2.05, 4.69) is 20.3 Å². The van der Waals surface area contributed by atoms with E-state index < -0.39 is 5.97 Å². The molecule has 2 aromatic heterocycles. The Morgan fingerprint density at radius 3 is 3.11 bits per heavy atom. The molecule has 7 heteroatoms. The molecule has 1 aliphatic carbocycles. The monoisotopic (exact) mass is 248 g/mol. The lowest BCUT2D eigenvalue weighted by molar-refractivity contribution is 0.0423. The number of aromatic amines is 1. The van der Waals surface area contributed by atoms with Crippen molar-refractivity contribution in [3.05, 3.63) is 29.2 Å². The normalized spacial score (nSPS) is 14.7. The van der Waals surface area contributed by atoms with Crippen LogP contribution < -0.4 is 0 Å². The first-order chi connectivity index (χ1) is 8.72. The number of aromatic nitrogens is 4. The Morgan fingerprint density at radius 2 is 2.44 bits per heavy atom. The minimum Gasteiger partial charge on any atom is -0.451 e. The Labute approximate surface area is 103 Å². The lowest BCUT2D eigenvalue weighted by Gasteiger charge is -1.97. The van der Waals surface area contributed by atoms with E-state index in [9.17, 15) is 4.79 Å². The number of nitrogens with one attached hydrogen (secondary N) is 1. The van der Waals surface area contributed by atoms with Gasteiger partial charge in [-0.2, -0.15) is 10.1 Å². The molecule has 0 bridgehead atoms. The van der Waals surface area contributed by atoms with E-state index in [-0.39, 0.29) is 18.2 Å². The largest absolute Gasteiger partial charge is 0.451 e. The summed E-state index contributed by atoms with van der Waals surface area (Å²) >= 11 is 0. The molecule has 2 heterocycles. The van der Waals surface area contributed by atoms with Gasteiger partial charge in [0.1, 0.15) is 0 Å². The van der Waals surface area contributed by atoms with Crippen LogP contribution >= 0.6 is 0 Å². The standard InChI is InChI=1S/C11H12N4O3/c1-6-12-10(18-15-6)5-17-11(16)9-4-8(13-14-9)7-2-3-7/h4,7H,2-3,5H2,1H3,(H,13,14). The summed E-state index contributed by atoms with van der Waals surface area (Å²) in [7, 11) is 0. The van der Waals surface area contributed by atoms with E-state index in [1.807, 2.05) is 0 Å². The van der Waals surface area contributed by atoms with Gasteiger partial charge in [0.2, 0.25) is 0 Å². The maximum Gasteiger partial charge on any atom is 0.359 e. The van der Waals surface area contributed by atoms with Gasteiger partial charge in [0.25, 0.3) is 5.89 Å². The number of hydrogen-bond acceptors (Lipinski definition) is 6. The third-order valence-corrected chi connectivity index (χ3v) is 2.72. The van der Waals surface area contributed by atoms with Crippen LogP contribution in [0.3, 0.4) is 0 Å². The summed E-state index contributed by atoms with van der Waals surface area (Å²) in [5.74, 6) is 0.822. The van der Waals surface area contributed by atoms with Gasteiger partial charge in [-0.15, -0.1) is 0 Å². The Kier molecular flexibility index (Phi) is 2.58. The minimum atomic E-state index is -0.492. The van der Waals surface area contributed by atoms with Crippen molar-refractivity contribution >= 4 is 5.97 Å². The number of ether oxygens (including phenoxy) is 1. The molecule has 1 aliphatic rings. The van der Waals surface area contributed by atoms with Crippen LogP contribution in [-0.2, 0) is 11.3 Å². The molecule has 0 saturated heterocycles. The number of esters is 1. The first-order valence-electron chi connectivity index (χ1n) is 5.74. The molecule has 0 aliphatic heterocycles. The van der Waals surface area contributed by atoms with Crippen LogP contribution in [0, 0.1) is 6.92 Å². The van der Waals surface area contributed by atoms with Gasteiger partial charge < -0.3 is 9.26 Å². The molecule has 94 valence electrons. The Bertz CT molecular complexity index is 570. The van der Waals surface area contributed by atoms with E-state index >= 15 is 0 Å². The number of aryl methyl sites for hydroxylation is 1. The first-order valence-corrected chi connectivity index (χ1v) is 5.74. The fraction of sp³-hybridized carbons (Fsp3) is 0.455. The molecule has 0 aromatic carbocycles. The SMILES string of the molecule is Cc1noc(COC(=O)c2cc(C3CC3)[nH]n2)n1. The van der Waals surface area contributed by atoms with E-state index in [4.69, 9.17) is 9.26 Å². The summed E-state index contributed by atoms with van der Waals surface area (Å²) < 4.78 is 9.86. The predicted octanol–water partition coefficient (Wildman–Crippen LogP) is 1.34. The minimum absolute atomic E-state index is 0.0364. The van der Waals surface area contributed by atoms with Gasteiger partial charge in [-0.05, 0) is 25.8 Å². The van der Waals surface area contributed by atoms with Crippen molar-refractivity contribution < 1.29 is 14.1 Å². The van der Waals surface area contributed by atoms with Crippen LogP contribution in [0.15, 0.2) is 10.6 Å². The summed E-state index contributed by atoms with van der Waals surface area (Å²) in [6.45, 7) is 1.66. The van der Waals surface area contributed by atoms with Crippen molar-refractivity contribution in [1.29, 1.82) is 0 Å². The fourth-order valence-electron chi connectivity index (χ4n) is 1.64. The molecule has 7 nitrogen and oxygen atoms in total. The molecule has 0 amide bonds. The highest BCUT2D eigenvalue weighted by Gasteiger charge is 2.26. The van der Waals surface area contributed by atoms with Crippen LogP contribution in [0.1, 0.15) is 46.7 Å². The smallest absolute Gasteiger partial charge is 0.359 e. The van der Waals surface area contributed by atoms with Crippen LogP contribution in [0.2, 0.25) is 0 Å². The van der Waals surface area contributed by atoms with E-state index in [0.717, 1.165) is 18.5 Å². The van der Waals surface area contributed by atoms with Crippen molar-refractivity contribution in [2.75, 3.05) is 0 Å². The number of rotatable bonds is 4. The molecule has 0 atom stereocenters. The van der Waals surface area contributed by atoms with Crippen molar-refractivity contribution in [2.45, 2.75) is 32.3 Å². The maximum atomic E-state index is 11.7. The maximum absolute atomic E-state index is 11.7. The molecular formula is C11H12N4O3. The second-order valence-electron chi connectivity index (χ2n) is 4.29. The predicted molar refractivity (Wildman–Crippen MR) is 58.7 cm³/mol. The van der Waals surface area contributed by atoms with Crippen LogP contribution in [0.5, 0.6) is 0 Å². The Balaban J connectivity index is 1.59. The van der Waals surface area contributed by atoms with Crippen molar-refractivity contribution in [3.63, 3.8) is 0 Å². The summed E-state index contributed by atoms with van der Waals surface area (Å²) in [5.41, 5.74) is 1.28. The number of H-pyrrole nitrogens is 1. The van der Waals surface area contributed by atoms with E-state index in [1.165, 1.54) is 0 Å². The third-order valence-electron chi connectivity index (χ3n) is 2.72. The quantitative estimate of drug-likeness (QED) is 0.820. The molecule has 0 unspecified atom stereocenters. The molecule has 3 rings (SSSR count). The van der Waals surface area contributed by atoms with Crippen molar-refractivity contribution in [2.24, 2.45) is 0 Å². The second-order valence-corrected chi connectivity index (χ2v) is 4.29. The molecule has 2 aromatic rings. The zero-order chi connectivity index (χ0) is 12.5. The first kappa shape index (κ1) is 10.9. The molecule has 18 heavy (non-hydrogen) atoms. The molecule has 1 N–H and O–H groups in total. The van der Waals surface area contributed by atoms with Gasteiger partial charge in [0.05, 0.1) is 0 Å². The van der Waals surface area contributed by atoms with Crippen LogP contribution in [0.4, 0.5) is 0 Å². The molecule has 1 saturated carbocycles. The molecule has 0 radical (unpaired) electrons. The molecular weight excluding hydrogens is 236 g/mol. The van der Waals surface area contributed by atoms with E-state index in [1.54, 1.807) is 13.0 Å². The third kappa shape index (κ3) is 2.24. The highest BCUT2D eigenvalue weighted by molar-refractivity contribution is 5.87. The molecule has 0 spiro atoms. The highest BCUT2D eigenvalue weighted by atomic mass is 16.6. The van der Waals surface area contributed by atoms with E-state index in [0.29, 0.717) is 11.7 Å². The lowest BCUT2D eigenvalue weighted by Crippen LogP contribution is -2.05. The van der Waals surface area contributed by atoms with Gasteiger partial charge >= 0.3 is 5.97 Å². The topological polar surface area (TPSA) is 93.9 Å². The van der Waals surface area contributed by atoms with Gasteiger partial charge in [-0.3, -0.25) is 5.10 Å². The highest BCUT2D eigenvalue weighted by Crippen LogP contribution is 2.39. The van der Waals surface area contributed by atoms with Gasteiger partial charge in [0.15, 0.2) is 18.1 Å². The van der Waals surface area contributed by atoms with Crippen LogP contribution in [0.25, 0.3) is 0 Å².